The van der Waals surface area contributed by atoms with E-state index < -0.39 is 0 Å². The first-order chi connectivity index (χ1) is 10.7. The van der Waals surface area contributed by atoms with Crippen molar-refractivity contribution in [3.05, 3.63) is 60.0 Å². The Hall–Kier alpha value is -2.40. The summed E-state index contributed by atoms with van der Waals surface area (Å²) >= 11 is 5.96. The van der Waals surface area contributed by atoms with Gasteiger partial charge in [-0.15, -0.1) is 16.7 Å². The first-order valence-electron chi connectivity index (χ1n) is 6.64. The van der Waals surface area contributed by atoms with E-state index in [9.17, 15) is 4.39 Å². The molecule has 0 aliphatic heterocycles. The third kappa shape index (κ3) is 2.67. The van der Waals surface area contributed by atoms with E-state index in [-0.39, 0.29) is 11.7 Å². The number of hydrogen-bond donors (Lipinski definition) is 0. The normalized spacial score (nSPS) is 10.7. The first-order valence-corrected chi connectivity index (χ1v) is 7.17. The maximum absolute atomic E-state index is 13.5. The standard InChI is InChI=1S/C16H13ClFN3O/c1-22-14-7-5-11(6-8-14)16-15(10-17)19-20-21(16)13-4-2-3-12(18)9-13/h2-9H,10H2,1H3. The van der Waals surface area contributed by atoms with Gasteiger partial charge >= 0.3 is 0 Å². The molecule has 0 atom stereocenters. The molecule has 0 saturated carbocycles. The van der Waals surface area contributed by atoms with E-state index in [1.807, 2.05) is 24.3 Å². The van der Waals surface area contributed by atoms with Crippen molar-refractivity contribution in [3.63, 3.8) is 0 Å². The van der Waals surface area contributed by atoms with E-state index in [1.54, 1.807) is 23.9 Å². The minimum Gasteiger partial charge on any atom is -0.497 e. The number of halogens is 2. The Kier molecular flexibility index (Phi) is 4.06. The highest BCUT2D eigenvalue weighted by molar-refractivity contribution is 6.17. The van der Waals surface area contributed by atoms with Crippen LogP contribution in [0, 0.1) is 5.82 Å². The summed E-state index contributed by atoms with van der Waals surface area (Å²) in [7, 11) is 1.61. The molecule has 4 nitrogen and oxygen atoms in total. The summed E-state index contributed by atoms with van der Waals surface area (Å²) in [5.41, 5.74) is 2.85. The van der Waals surface area contributed by atoms with Gasteiger partial charge in [-0.1, -0.05) is 11.3 Å². The molecule has 0 N–H and O–H groups in total. The lowest BCUT2D eigenvalue weighted by molar-refractivity contribution is 0.415. The number of alkyl halides is 1. The summed E-state index contributed by atoms with van der Waals surface area (Å²) in [4.78, 5) is 0. The molecule has 3 rings (SSSR count). The van der Waals surface area contributed by atoms with E-state index in [0.717, 1.165) is 17.0 Å². The Morgan fingerprint density at radius 1 is 1.18 bits per heavy atom. The van der Waals surface area contributed by atoms with E-state index in [4.69, 9.17) is 16.3 Å². The zero-order chi connectivity index (χ0) is 15.5. The molecule has 0 aliphatic carbocycles. The Morgan fingerprint density at radius 3 is 2.59 bits per heavy atom. The van der Waals surface area contributed by atoms with Crippen LogP contribution in [0.1, 0.15) is 5.69 Å². The summed E-state index contributed by atoms with van der Waals surface area (Å²) in [6.45, 7) is 0. The predicted octanol–water partition coefficient (Wildman–Crippen LogP) is 3.82. The van der Waals surface area contributed by atoms with Crippen LogP contribution in [0.2, 0.25) is 0 Å². The highest BCUT2D eigenvalue weighted by Gasteiger charge is 2.16. The first kappa shape index (κ1) is 14.5. The van der Waals surface area contributed by atoms with Crippen LogP contribution < -0.4 is 4.74 Å². The van der Waals surface area contributed by atoms with Crippen LogP contribution in [0.25, 0.3) is 16.9 Å². The van der Waals surface area contributed by atoms with Crippen LogP contribution in [-0.4, -0.2) is 22.1 Å². The highest BCUT2D eigenvalue weighted by Crippen LogP contribution is 2.28. The summed E-state index contributed by atoms with van der Waals surface area (Å²) in [5, 5.41) is 8.19. The van der Waals surface area contributed by atoms with Crippen LogP contribution in [0.3, 0.4) is 0 Å². The third-order valence-electron chi connectivity index (χ3n) is 3.28. The molecule has 0 saturated heterocycles. The molecule has 112 valence electrons. The van der Waals surface area contributed by atoms with Crippen molar-refractivity contribution in [3.8, 4) is 22.7 Å². The van der Waals surface area contributed by atoms with Crippen molar-refractivity contribution in [2.24, 2.45) is 0 Å². The van der Waals surface area contributed by atoms with Crippen molar-refractivity contribution >= 4 is 11.6 Å². The molecule has 6 heteroatoms. The fourth-order valence-electron chi connectivity index (χ4n) is 2.23. The number of rotatable bonds is 4. The van der Waals surface area contributed by atoms with Crippen LogP contribution >= 0.6 is 11.6 Å². The van der Waals surface area contributed by atoms with Gasteiger partial charge in [-0.3, -0.25) is 0 Å². The van der Waals surface area contributed by atoms with E-state index in [0.29, 0.717) is 11.4 Å². The molecule has 3 aromatic rings. The molecule has 0 unspecified atom stereocenters. The Balaban J connectivity index is 2.14. The van der Waals surface area contributed by atoms with Crippen LogP contribution in [0.4, 0.5) is 4.39 Å². The summed E-state index contributed by atoms with van der Waals surface area (Å²) in [5.74, 6) is 0.637. The van der Waals surface area contributed by atoms with Gasteiger partial charge in [0.05, 0.1) is 24.4 Å². The van der Waals surface area contributed by atoms with Gasteiger partial charge in [-0.2, -0.15) is 0 Å². The second-order valence-electron chi connectivity index (χ2n) is 4.64. The molecule has 0 bridgehead atoms. The molecule has 2 aromatic carbocycles. The van der Waals surface area contributed by atoms with E-state index >= 15 is 0 Å². The van der Waals surface area contributed by atoms with Crippen molar-refractivity contribution in [2.45, 2.75) is 5.88 Å². The van der Waals surface area contributed by atoms with Gasteiger partial charge in [0.25, 0.3) is 0 Å². The van der Waals surface area contributed by atoms with Crippen LogP contribution in [-0.2, 0) is 5.88 Å². The SMILES string of the molecule is COc1ccc(-c2c(CCl)nnn2-c2cccc(F)c2)cc1. The van der Waals surface area contributed by atoms with Gasteiger partial charge < -0.3 is 4.74 Å². The van der Waals surface area contributed by atoms with Crippen molar-refractivity contribution in [1.29, 1.82) is 0 Å². The summed E-state index contributed by atoms with van der Waals surface area (Å²) in [6, 6.07) is 13.7. The zero-order valence-corrected chi connectivity index (χ0v) is 12.6. The number of nitrogens with zero attached hydrogens (tertiary/aromatic N) is 3. The molecule has 0 aliphatic rings. The minimum absolute atomic E-state index is 0.219. The molecule has 0 amide bonds. The van der Waals surface area contributed by atoms with Gasteiger partial charge in [0.2, 0.25) is 0 Å². The van der Waals surface area contributed by atoms with Gasteiger partial charge in [-0.05, 0) is 42.5 Å². The molecule has 0 radical (unpaired) electrons. The Labute approximate surface area is 132 Å². The molecule has 0 spiro atoms. The third-order valence-corrected chi connectivity index (χ3v) is 3.54. The van der Waals surface area contributed by atoms with Gasteiger partial charge in [-0.25, -0.2) is 9.07 Å². The molecule has 22 heavy (non-hydrogen) atoms. The van der Waals surface area contributed by atoms with Gasteiger partial charge in [0, 0.05) is 5.56 Å². The molecular formula is C16H13ClFN3O. The lowest BCUT2D eigenvalue weighted by Gasteiger charge is -2.08. The molecular weight excluding hydrogens is 305 g/mol. The van der Waals surface area contributed by atoms with Gasteiger partial charge in [0.1, 0.15) is 17.3 Å². The van der Waals surface area contributed by atoms with E-state index in [2.05, 4.69) is 10.3 Å². The maximum atomic E-state index is 13.5. The predicted molar refractivity (Wildman–Crippen MR) is 82.9 cm³/mol. The average molecular weight is 318 g/mol. The highest BCUT2D eigenvalue weighted by atomic mass is 35.5. The van der Waals surface area contributed by atoms with Crippen molar-refractivity contribution < 1.29 is 9.13 Å². The van der Waals surface area contributed by atoms with Crippen LogP contribution in [0.15, 0.2) is 48.5 Å². The minimum atomic E-state index is -0.332. The fraction of sp³-hybridized carbons (Fsp3) is 0.125. The lowest BCUT2D eigenvalue weighted by Crippen LogP contribution is -2.00. The summed E-state index contributed by atoms with van der Waals surface area (Å²) in [6.07, 6.45) is 0. The number of benzene rings is 2. The van der Waals surface area contributed by atoms with E-state index in [1.165, 1.54) is 12.1 Å². The second kappa shape index (κ2) is 6.15. The second-order valence-corrected chi connectivity index (χ2v) is 4.91. The van der Waals surface area contributed by atoms with Crippen molar-refractivity contribution in [2.75, 3.05) is 7.11 Å². The zero-order valence-electron chi connectivity index (χ0n) is 11.8. The molecule has 1 heterocycles. The lowest BCUT2D eigenvalue weighted by atomic mass is 10.1. The number of methoxy groups -OCH3 is 1. The quantitative estimate of drug-likeness (QED) is 0.687. The molecule has 0 fully saturated rings. The van der Waals surface area contributed by atoms with Gasteiger partial charge in [0.15, 0.2) is 0 Å². The summed E-state index contributed by atoms with van der Waals surface area (Å²) < 4.78 is 20.2. The Morgan fingerprint density at radius 2 is 1.95 bits per heavy atom. The smallest absolute Gasteiger partial charge is 0.125 e. The number of ether oxygens (including phenoxy) is 1. The number of hydrogen-bond acceptors (Lipinski definition) is 3. The van der Waals surface area contributed by atoms with Crippen molar-refractivity contribution in [1.82, 2.24) is 15.0 Å². The van der Waals surface area contributed by atoms with Crippen LogP contribution in [0.5, 0.6) is 5.75 Å². The number of aromatic nitrogens is 3. The average Bonchev–Trinajstić information content (AvgIpc) is 2.99. The monoisotopic (exact) mass is 317 g/mol. The molecule has 1 aromatic heterocycles. The topological polar surface area (TPSA) is 39.9 Å². The Bertz CT molecular complexity index is 786. The largest absolute Gasteiger partial charge is 0.497 e. The maximum Gasteiger partial charge on any atom is 0.125 e. The fourth-order valence-corrected chi connectivity index (χ4v) is 2.41.